The molecule has 0 aliphatic carbocycles. The number of hydrogen-bond donors (Lipinski definition) is 3. The van der Waals surface area contributed by atoms with Gasteiger partial charge in [-0.05, 0) is 18.6 Å². The molecular weight excluding hydrogens is 365 g/mol. The van der Waals surface area contributed by atoms with Crippen molar-refractivity contribution in [1.82, 2.24) is 16.0 Å². The lowest BCUT2D eigenvalue weighted by Gasteiger charge is -2.09. The third-order valence-electron chi connectivity index (χ3n) is 2.97. The third kappa shape index (κ3) is 8.40. The van der Waals surface area contributed by atoms with E-state index in [1.165, 1.54) is 0 Å². The maximum absolute atomic E-state index is 13.4. The lowest BCUT2D eigenvalue weighted by molar-refractivity contribution is -0.138. The standard InChI is InChI=1S/C15H16F5N3O3/c16-9-3-4-10(11(17)6-9)14(26)21-5-1-2-12(24)22-7-13(25)23-8-15(18,19)20/h3-4,6H,1-2,5,7-8H2,(H,21,26)(H,22,24)(H,23,25). The first kappa shape index (κ1) is 21.3. The Morgan fingerprint density at radius 1 is 0.962 bits per heavy atom. The van der Waals surface area contributed by atoms with Crippen molar-refractivity contribution >= 4 is 17.7 Å². The van der Waals surface area contributed by atoms with Crippen LogP contribution in [0.2, 0.25) is 0 Å². The van der Waals surface area contributed by atoms with Crippen molar-refractivity contribution in [3.05, 3.63) is 35.4 Å². The van der Waals surface area contributed by atoms with Gasteiger partial charge in [0.1, 0.15) is 18.2 Å². The summed E-state index contributed by atoms with van der Waals surface area (Å²) in [4.78, 5) is 34.2. The maximum Gasteiger partial charge on any atom is 0.405 e. The lowest BCUT2D eigenvalue weighted by atomic mass is 10.2. The Kier molecular flexibility index (Phi) is 7.94. The molecule has 1 aromatic rings. The molecule has 0 radical (unpaired) electrons. The maximum atomic E-state index is 13.4. The predicted molar refractivity (Wildman–Crippen MR) is 80.0 cm³/mol. The number of carbonyl (C=O) groups is 3. The van der Waals surface area contributed by atoms with Crippen LogP contribution in [0.3, 0.4) is 0 Å². The Labute approximate surface area is 145 Å². The molecular formula is C15H16F5N3O3. The van der Waals surface area contributed by atoms with Gasteiger partial charge in [0.05, 0.1) is 12.1 Å². The summed E-state index contributed by atoms with van der Waals surface area (Å²) in [6, 6.07) is 2.47. The van der Waals surface area contributed by atoms with Gasteiger partial charge in [0, 0.05) is 19.0 Å². The van der Waals surface area contributed by atoms with Gasteiger partial charge in [-0.25, -0.2) is 8.78 Å². The number of hydrogen-bond acceptors (Lipinski definition) is 3. The van der Waals surface area contributed by atoms with Gasteiger partial charge in [0.25, 0.3) is 5.91 Å². The first-order valence-corrected chi connectivity index (χ1v) is 7.42. The van der Waals surface area contributed by atoms with Crippen LogP contribution in [-0.4, -0.2) is 43.5 Å². The highest BCUT2D eigenvalue weighted by Gasteiger charge is 2.27. The van der Waals surface area contributed by atoms with Gasteiger partial charge in [-0.15, -0.1) is 0 Å². The molecule has 11 heteroatoms. The van der Waals surface area contributed by atoms with Crippen molar-refractivity contribution in [2.24, 2.45) is 0 Å². The van der Waals surface area contributed by atoms with Crippen molar-refractivity contribution in [2.75, 3.05) is 19.6 Å². The molecule has 144 valence electrons. The van der Waals surface area contributed by atoms with Gasteiger partial charge in [0.15, 0.2) is 0 Å². The normalized spacial score (nSPS) is 11.0. The van der Waals surface area contributed by atoms with Crippen molar-refractivity contribution in [1.29, 1.82) is 0 Å². The minimum Gasteiger partial charge on any atom is -0.352 e. The molecule has 0 spiro atoms. The largest absolute Gasteiger partial charge is 0.405 e. The summed E-state index contributed by atoms with van der Waals surface area (Å²) in [5.41, 5.74) is -0.350. The number of carbonyl (C=O) groups excluding carboxylic acids is 3. The summed E-state index contributed by atoms with van der Waals surface area (Å²) in [5, 5.41) is 6.04. The van der Waals surface area contributed by atoms with E-state index in [1.54, 1.807) is 5.32 Å². The first-order valence-electron chi connectivity index (χ1n) is 7.42. The quantitative estimate of drug-likeness (QED) is 0.468. The van der Waals surface area contributed by atoms with E-state index in [2.05, 4.69) is 10.6 Å². The summed E-state index contributed by atoms with van der Waals surface area (Å²) in [7, 11) is 0. The summed E-state index contributed by atoms with van der Waals surface area (Å²) in [6.07, 6.45) is -4.51. The minimum absolute atomic E-state index is 0.00331. The van der Waals surface area contributed by atoms with Crippen LogP contribution in [0.25, 0.3) is 0 Å². The molecule has 6 nitrogen and oxygen atoms in total. The van der Waals surface area contributed by atoms with E-state index < -0.39 is 48.6 Å². The average molecular weight is 381 g/mol. The Hall–Kier alpha value is -2.72. The number of nitrogens with one attached hydrogen (secondary N) is 3. The zero-order valence-electron chi connectivity index (χ0n) is 13.4. The van der Waals surface area contributed by atoms with E-state index in [0.29, 0.717) is 6.07 Å². The van der Waals surface area contributed by atoms with Gasteiger partial charge in [0.2, 0.25) is 11.8 Å². The zero-order chi connectivity index (χ0) is 19.7. The average Bonchev–Trinajstić information content (AvgIpc) is 2.54. The fourth-order valence-corrected chi connectivity index (χ4v) is 1.75. The molecule has 3 amide bonds. The Balaban J connectivity index is 2.21. The molecule has 0 unspecified atom stereocenters. The summed E-state index contributed by atoms with van der Waals surface area (Å²) in [6.45, 7) is -2.10. The van der Waals surface area contributed by atoms with Crippen LogP contribution < -0.4 is 16.0 Å². The van der Waals surface area contributed by atoms with E-state index in [0.717, 1.165) is 12.1 Å². The van der Waals surface area contributed by atoms with Crippen LogP contribution in [0.5, 0.6) is 0 Å². The highest BCUT2D eigenvalue weighted by molar-refractivity contribution is 5.94. The van der Waals surface area contributed by atoms with Crippen LogP contribution in [0.1, 0.15) is 23.2 Å². The summed E-state index contributed by atoms with van der Waals surface area (Å²) in [5.74, 6) is -4.22. The second kappa shape index (κ2) is 9.68. The van der Waals surface area contributed by atoms with E-state index in [9.17, 15) is 36.3 Å². The number of halogens is 5. The molecule has 26 heavy (non-hydrogen) atoms. The second-order valence-electron chi connectivity index (χ2n) is 5.15. The van der Waals surface area contributed by atoms with Gasteiger partial charge >= 0.3 is 6.18 Å². The smallest absolute Gasteiger partial charge is 0.352 e. The van der Waals surface area contributed by atoms with E-state index in [4.69, 9.17) is 0 Å². The molecule has 3 N–H and O–H groups in total. The number of alkyl halides is 3. The fraction of sp³-hybridized carbons (Fsp3) is 0.400. The van der Waals surface area contributed by atoms with Crippen LogP contribution >= 0.6 is 0 Å². The SMILES string of the molecule is O=C(CCCNC(=O)c1ccc(F)cc1F)NCC(=O)NCC(F)(F)F. The molecule has 1 rings (SSSR count). The molecule has 0 aromatic heterocycles. The highest BCUT2D eigenvalue weighted by Crippen LogP contribution is 2.12. The Morgan fingerprint density at radius 3 is 2.27 bits per heavy atom. The lowest BCUT2D eigenvalue weighted by Crippen LogP contribution is -2.41. The topological polar surface area (TPSA) is 87.3 Å². The van der Waals surface area contributed by atoms with Crippen molar-refractivity contribution < 1.29 is 36.3 Å². The first-order chi connectivity index (χ1) is 12.1. The number of amides is 3. The van der Waals surface area contributed by atoms with Gasteiger partial charge in [-0.2, -0.15) is 13.2 Å². The molecule has 0 bridgehead atoms. The molecule has 0 fully saturated rings. The van der Waals surface area contributed by atoms with Crippen LogP contribution in [-0.2, 0) is 9.59 Å². The van der Waals surface area contributed by atoms with E-state index in [-0.39, 0.29) is 24.9 Å². The van der Waals surface area contributed by atoms with E-state index in [1.807, 2.05) is 0 Å². The fourth-order valence-electron chi connectivity index (χ4n) is 1.75. The summed E-state index contributed by atoms with van der Waals surface area (Å²) < 4.78 is 61.7. The van der Waals surface area contributed by atoms with Crippen molar-refractivity contribution in [3.63, 3.8) is 0 Å². The molecule has 0 heterocycles. The van der Waals surface area contributed by atoms with E-state index >= 15 is 0 Å². The van der Waals surface area contributed by atoms with Gasteiger partial charge in [-0.1, -0.05) is 0 Å². The predicted octanol–water partition coefficient (Wildman–Crippen LogP) is 1.27. The van der Waals surface area contributed by atoms with Crippen LogP contribution in [0, 0.1) is 11.6 Å². The molecule has 0 saturated carbocycles. The Bertz CT molecular complexity index is 664. The Morgan fingerprint density at radius 2 is 1.65 bits per heavy atom. The molecule has 1 aromatic carbocycles. The monoisotopic (exact) mass is 381 g/mol. The van der Waals surface area contributed by atoms with Crippen LogP contribution in [0.4, 0.5) is 22.0 Å². The molecule has 0 aliphatic heterocycles. The second-order valence-corrected chi connectivity index (χ2v) is 5.15. The third-order valence-corrected chi connectivity index (χ3v) is 2.97. The zero-order valence-corrected chi connectivity index (χ0v) is 13.4. The summed E-state index contributed by atoms with van der Waals surface area (Å²) >= 11 is 0. The number of benzene rings is 1. The van der Waals surface area contributed by atoms with Crippen molar-refractivity contribution in [2.45, 2.75) is 19.0 Å². The molecule has 0 saturated heterocycles. The van der Waals surface area contributed by atoms with Crippen LogP contribution in [0.15, 0.2) is 18.2 Å². The van der Waals surface area contributed by atoms with Gasteiger partial charge < -0.3 is 16.0 Å². The molecule has 0 atom stereocenters. The van der Waals surface area contributed by atoms with Crippen molar-refractivity contribution in [3.8, 4) is 0 Å². The minimum atomic E-state index is -4.54. The number of rotatable bonds is 8. The van der Waals surface area contributed by atoms with Gasteiger partial charge in [-0.3, -0.25) is 14.4 Å². The molecule has 0 aliphatic rings. The highest BCUT2D eigenvalue weighted by atomic mass is 19.4.